The van der Waals surface area contributed by atoms with E-state index < -0.39 is 0 Å². The van der Waals surface area contributed by atoms with Crippen molar-refractivity contribution in [1.29, 1.82) is 0 Å². The fourth-order valence-electron chi connectivity index (χ4n) is 4.80. The highest BCUT2D eigenvalue weighted by atomic mass is 15.4. The topological polar surface area (TPSA) is 6.48 Å². The molecule has 1 saturated heterocycles. The molecule has 0 aromatic heterocycles. The monoisotopic (exact) mass is 406 g/mol. The first-order chi connectivity index (χ1) is 14.9. The summed E-state index contributed by atoms with van der Waals surface area (Å²) in [6, 6.07) is 22.1. The van der Waals surface area contributed by atoms with E-state index in [0.717, 1.165) is 13.1 Å². The number of unbranched alkanes of at least 4 members (excludes halogenated alkanes) is 9. The van der Waals surface area contributed by atoms with Crippen LogP contribution in [0, 0.1) is 0 Å². The smallest absolute Gasteiger partial charge is 0.0889 e. The average Bonchev–Trinajstić information content (AvgIpc) is 3.18. The van der Waals surface area contributed by atoms with E-state index in [1.807, 2.05) is 0 Å². The van der Waals surface area contributed by atoms with Gasteiger partial charge >= 0.3 is 0 Å². The van der Waals surface area contributed by atoms with Gasteiger partial charge in [-0.15, -0.1) is 0 Å². The summed E-state index contributed by atoms with van der Waals surface area (Å²) in [5.41, 5.74) is 2.86. The third kappa shape index (κ3) is 7.56. The molecule has 0 saturated carbocycles. The van der Waals surface area contributed by atoms with Crippen LogP contribution >= 0.6 is 0 Å². The van der Waals surface area contributed by atoms with Gasteiger partial charge in [-0.2, -0.15) is 0 Å². The number of rotatable bonds is 14. The Kier molecular flexibility index (Phi) is 10.5. The summed E-state index contributed by atoms with van der Waals surface area (Å²) in [6.45, 7) is 6.90. The second kappa shape index (κ2) is 13.6. The molecule has 0 N–H and O–H groups in total. The highest BCUT2D eigenvalue weighted by Gasteiger charge is 2.32. The Hall–Kier alpha value is -1.64. The number of benzene rings is 2. The van der Waals surface area contributed by atoms with E-state index in [0.29, 0.717) is 6.17 Å². The van der Waals surface area contributed by atoms with Crippen LogP contribution in [-0.4, -0.2) is 29.4 Å². The predicted octanol–water partition coefficient (Wildman–Crippen LogP) is 7.42. The molecule has 0 amide bonds. The number of hydrogen-bond donors (Lipinski definition) is 0. The maximum Gasteiger partial charge on any atom is 0.0889 e. The van der Waals surface area contributed by atoms with Crippen LogP contribution in [0.25, 0.3) is 0 Å². The van der Waals surface area contributed by atoms with E-state index in [4.69, 9.17) is 0 Å². The predicted molar refractivity (Wildman–Crippen MR) is 129 cm³/mol. The van der Waals surface area contributed by atoms with E-state index in [-0.39, 0.29) is 0 Å². The first-order valence-corrected chi connectivity index (χ1v) is 12.5. The van der Waals surface area contributed by atoms with Crippen molar-refractivity contribution < 1.29 is 0 Å². The Morgan fingerprint density at radius 1 is 0.633 bits per heavy atom. The molecule has 1 atom stereocenters. The minimum atomic E-state index is 0.421. The molecule has 3 rings (SSSR count). The first kappa shape index (κ1) is 23.0. The normalized spacial score (nSPS) is 17.6. The van der Waals surface area contributed by atoms with Crippen LogP contribution in [0.5, 0.6) is 0 Å². The summed E-state index contributed by atoms with van der Waals surface area (Å²) in [4.78, 5) is 5.37. The van der Waals surface area contributed by atoms with Gasteiger partial charge in [-0.3, -0.25) is 9.80 Å². The molecule has 2 heteroatoms. The van der Waals surface area contributed by atoms with Crippen LogP contribution in [0.3, 0.4) is 0 Å². The highest BCUT2D eigenvalue weighted by molar-refractivity contribution is 5.21. The van der Waals surface area contributed by atoms with Crippen LogP contribution in [0.15, 0.2) is 60.7 Å². The van der Waals surface area contributed by atoms with Gasteiger partial charge in [-0.25, -0.2) is 0 Å². The van der Waals surface area contributed by atoms with Gasteiger partial charge in [-0.05, 0) is 17.5 Å². The maximum atomic E-state index is 2.71. The third-order valence-corrected chi connectivity index (χ3v) is 6.49. The molecule has 1 heterocycles. The average molecular weight is 407 g/mol. The molecule has 0 radical (unpaired) electrons. The van der Waals surface area contributed by atoms with Crippen LogP contribution in [0.4, 0.5) is 0 Å². The van der Waals surface area contributed by atoms with Crippen molar-refractivity contribution in [3.05, 3.63) is 71.8 Å². The summed E-state index contributed by atoms with van der Waals surface area (Å²) in [5, 5.41) is 0. The van der Waals surface area contributed by atoms with Gasteiger partial charge in [0, 0.05) is 26.2 Å². The Balaban J connectivity index is 1.43. The van der Waals surface area contributed by atoms with Gasteiger partial charge in [0.15, 0.2) is 0 Å². The van der Waals surface area contributed by atoms with Gasteiger partial charge in [-0.1, -0.05) is 125 Å². The van der Waals surface area contributed by atoms with Gasteiger partial charge in [0.1, 0.15) is 0 Å². The summed E-state index contributed by atoms with van der Waals surface area (Å²) in [5.74, 6) is 0. The Morgan fingerprint density at radius 3 is 1.80 bits per heavy atom. The largest absolute Gasteiger partial charge is 0.283 e. The van der Waals surface area contributed by atoms with Crippen molar-refractivity contribution in [2.75, 3.05) is 19.6 Å². The van der Waals surface area contributed by atoms with Crippen LogP contribution in [-0.2, 0) is 6.54 Å². The molecular weight excluding hydrogens is 364 g/mol. The quantitative estimate of drug-likeness (QED) is 0.301. The zero-order valence-electron chi connectivity index (χ0n) is 19.1. The molecule has 0 spiro atoms. The summed E-state index contributed by atoms with van der Waals surface area (Å²) >= 11 is 0. The molecule has 2 aromatic carbocycles. The highest BCUT2D eigenvalue weighted by Crippen LogP contribution is 2.31. The van der Waals surface area contributed by atoms with Crippen molar-refractivity contribution in [3.8, 4) is 0 Å². The molecule has 1 fully saturated rings. The van der Waals surface area contributed by atoms with Crippen LogP contribution in [0.2, 0.25) is 0 Å². The molecule has 2 nitrogen and oxygen atoms in total. The molecule has 1 unspecified atom stereocenters. The van der Waals surface area contributed by atoms with E-state index >= 15 is 0 Å². The van der Waals surface area contributed by atoms with Gasteiger partial charge in [0.05, 0.1) is 6.17 Å². The van der Waals surface area contributed by atoms with Gasteiger partial charge in [0.25, 0.3) is 0 Å². The van der Waals surface area contributed by atoms with Crippen molar-refractivity contribution in [3.63, 3.8) is 0 Å². The molecule has 2 aromatic rings. The standard InChI is InChI=1S/C28H42N2/c1-2-3-4-5-6-7-8-9-10-17-22-29-23-24-30(25-26-18-13-11-14-19-26)28(29)27-20-15-12-16-21-27/h11-16,18-21,28H,2-10,17,22-25H2,1H3. The number of nitrogens with zero attached hydrogens (tertiary/aromatic N) is 2. The lowest BCUT2D eigenvalue weighted by molar-refractivity contribution is 0.129. The fraction of sp³-hybridized carbons (Fsp3) is 0.571. The third-order valence-electron chi connectivity index (χ3n) is 6.49. The molecular formula is C28H42N2. The van der Waals surface area contributed by atoms with E-state index in [2.05, 4.69) is 77.4 Å². The summed E-state index contributed by atoms with van der Waals surface area (Å²) < 4.78 is 0. The molecule has 1 aliphatic heterocycles. The summed E-state index contributed by atoms with van der Waals surface area (Å²) in [6.07, 6.45) is 14.5. The van der Waals surface area contributed by atoms with Crippen LogP contribution < -0.4 is 0 Å². The van der Waals surface area contributed by atoms with Gasteiger partial charge in [0.2, 0.25) is 0 Å². The van der Waals surface area contributed by atoms with Crippen molar-refractivity contribution in [1.82, 2.24) is 9.80 Å². The SMILES string of the molecule is CCCCCCCCCCCCN1CCN(Cc2ccccc2)C1c1ccccc1. The van der Waals surface area contributed by atoms with E-state index in [1.54, 1.807) is 0 Å². The minimum absolute atomic E-state index is 0.421. The number of hydrogen-bond acceptors (Lipinski definition) is 2. The Morgan fingerprint density at radius 2 is 1.17 bits per heavy atom. The minimum Gasteiger partial charge on any atom is -0.283 e. The molecule has 0 aliphatic carbocycles. The Labute approximate surface area is 185 Å². The van der Waals surface area contributed by atoms with Crippen LogP contribution in [0.1, 0.15) is 88.4 Å². The van der Waals surface area contributed by atoms with Gasteiger partial charge < -0.3 is 0 Å². The summed E-state index contributed by atoms with van der Waals surface area (Å²) in [7, 11) is 0. The van der Waals surface area contributed by atoms with Crippen molar-refractivity contribution in [2.45, 2.75) is 83.8 Å². The zero-order valence-corrected chi connectivity index (χ0v) is 19.1. The van der Waals surface area contributed by atoms with E-state index in [1.165, 1.54) is 88.4 Å². The van der Waals surface area contributed by atoms with E-state index in [9.17, 15) is 0 Å². The fourth-order valence-corrected chi connectivity index (χ4v) is 4.80. The Bertz CT molecular complexity index is 670. The molecule has 164 valence electrons. The molecule has 30 heavy (non-hydrogen) atoms. The first-order valence-electron chi connectivity index (χ1n) is 12.5. The molecule has 1 aliphatic rings. The second-order valence-electron chi connectivity index (χ2n) is 8.96. The molecule has 0 bridgehead atoms. The van der Waals surface area contributed by atoms with Crippen molar-refractivity contribution in [2.24, 2.45) is 0 Å². The zero-order chi connectivity index (χ0) is 20.9. The lowest BCUT2D eigenvalue weighted by atomic mass is 10.1. The lowest BCUT2D eigenvalue weighted by Gasteiger charge is -2.31. The second-order valence-corrected chi connectivity index (χ2v) is 8.96. The lowest BCUT2D eigenvalue weighted by Crippen LogP contribution is -2.31. The maximum absolute atomic E-state index is 2.71. The van der Waals surface area contributed by atoms with Crippen molar-refractivity contribution >= 4 is 0 Å².